The average Bonchev–Trinajstić information content (AvgIpc) is 3.05. The molecular weight excluding hydrogens is 324 g/mol. The minimum atomic E-state index is -0.242. The van der Waals surface area contributed by atoms with Crippen molar-refractivity contribution in [3.05, 3.63) is 65.3 Å². The van der Waals surface area contributed by atoms with E-state index in [9.17, 15) is 4.79 Å². The molecule has 6 heteroatoms. The number of hydrogen-bond acceptors (Lipinski definition) is 3. The minimum Gasteiger partial charge on any atom is -0.378 e. The van der Waals surface area contributed by atoms with Crippen LogP contribution in [-0.4, -0.2) is 30.2 Å². The third kappa shape index (κ3) is 3.58. The Morgan fingerprint density at radius 1 is 1.12 bits per heavy atom. The van der Waals surface area contributed by atoms with Gasteiger partial charge in [0.1, 0.15) is 5.69 Å². The summed E-state index contributed by atoms with van der Waals surface area (Å²) < 4.78 is 0. The van der Waals surface area contributed by atoms with Crippen LogP contribution in [0.25, 0.3) is 11.3 Å². The fourth-order valence-corrected chi connectivity index (χ4v) is 2.47. The van der Waals surface area contributed by atoms with Gasteiger partial charge in [0.05, 0.1) is 5.69 Å². The number of hydrogen-bond donors (Lipinski definition) is 2. The van der Waals surface area contributed by atoms with Crippen molar-refractivity contribution in [2.45, 2.75) is 0 Å². The van der Waals surface area contributed by atoms with E-state index in [0.29, 0.717) is 16.4 Å². The summed E-state index contributed by atoms with van der Waals surface area (Å²) >= 11 is 5.99. The van der Waals surface area contributed by atoms with Gasteiger partial charge in [-0.1, -0.05) is 23.7 Å². The van der Waals surface area contributed by atoms with Crippen molar-refractivity contribution in [1.82, 2.24) is 10.2 Å². The van der Waals surface area contributed by atoms with Crippen LogP contribution >= 0.6 is 11.6 Å². The van der Waals surface area contributed by atoms with Crippen molar-refractivity contribution in [1.29, 1.82) is 0 Å². The van der Waals surface area contributed by atoms with Crippen molar-refractivity contribution in [2.75, 3.05) is 24.3 Å². The summed E-state index contributed by atoms with van der Waals surface area (Å²) in [6, 6.07) is 16.7. The van der Waals surface area contributed by atoms with Gasteiger partial charge >= 0.3 is 0 Å². The molecule has 1 aromatic heterocycles. The van der Waals surface area contributed by atoms with Gasteiger partial charge in [-0.2, -0.15) is 5.10 Å². The maximum atomic E-state index is 12.3. The predicted molar refractivity (Wildman–Crippen MR) is 97.8 cm³/mol. The highest BCUT2D eigenvalue weighted by Crippen LogP contribution is 2.22. The summed E-state index contributed by atoms with van der Waals surface area (Å²) in [5, 5.41) is 10.4. The highest BCUT2D eigenvalue weighted by Gasteiger charge is 2.11. The third-order valence-corrected chi connectivity index (χ3v) is 3.82. The fraction of sp³-hybridized carbons (Fsp3) is 0.111. The van der Waals surface area contributed by atoms with Gasteiger partial charge in [0.25, 0.3) is 5.91 Å². The molecular formula is C18H17ClN4O. The Kier molecular flexibility index (Phi) is 4.53. The largest absolute Gasteiger partial charge is 0.378 e. The number of aromatic nitrogens is 2. The third-order valence-electron chi connectivity index (χ3n) is 3.58. The highest BCUT2D eigenvalue weighted by molar-refractivity contribution is 6.30. The lowest BCUT2D eigenvalue weighted by Gasteiger charge is -2.12. The van der Waals surface area contributed by atoms with E-state index in [0.717, 1.165) is 16.9 Å². The van der Waals surface area contributed by atoms with Crippen LogP contribution in [0, 0.1) is 0 Å². The first-order chi connectivity index (χ1) is 11.5. The molecule has 0 aliphatic carbocycles. The quantitative estimate of drug-likeness (QED) is 0.753. The number of rotatable bonds is 4. The summed E-state index contributed by atoms with van der Waals surface area (Å²) in [6.07, 6.45) is 0. The second-order valence-corrected chi connectivity index (χ2v) is 6.01. The first-order valence-corrected chi connectivity index (χ1v) is 7.81. The molecule has 24 heavy (non-hydrogen) atoms. The molecule has 3 aromatic rings. The average molecular weight is 341 g/mol. The zero-order chi connectivity index (χ0) is 17.1. The van der Waals surface area contributed by atoms with Gasteiger partial charge in [0.15, 0.2) is 0 Å². The van der Waals surface area contributed by atoms with Crippen molar-refractivity contribution >= 4 is 28.9 Å². The van der Waals surface area contributed by atoms with E-state index in [4.69, 9.17) is 11.6 Å². The van der Waals surface area contributed by atoms with E-state index in [-0.39, 0.29) is 5.91 Å². The SMILES string of the molecule is CN(C)c1ccc(NC(=O)c2cc(-c3cccc(Cl)c3)n[nH]2)cc1. The van der Waals surface area contributed by atoms with Crippen LogP contribution in [0.15, 0.2) is 54.6 Å². The smallest absolute Gasteiger partial charge is 0.273 e. The van der Waals surface area contributed by atoms with Crippen LogP contribution in [0.5, 0.6) is 0 Å². The molecule has 1 heterocycles. The molecule has 0 radical (unpaired) electrons. The Labute approximate surface area is 145 Å². The molecule has 3 rings (SSSR count). The number of anilines is 2. The van der Waals surface area contributed by atoms with E-state index in [1.165, 1.54) is 0 Å². The number of halogens is 1. The lowest BCUT2D eigenvalue weighted by Crippen LogP contribution is -2.13. The van der Waals surface area contributed by atoms with Crippen molar-refractivity contribution in [3.63, 3.8) is 0 Å². The summed E-state index contributed by atoms with van der Waals surface area (Å²) in [5.74, 6) is -0.242. The molecule has 2 N–H and O–H groups in total. The number of carbonyl (C=O) groups excluding carboxylic acids is 1. The molecule has 0 aliphatic rings. The highest BCUT2D eigenvalue weighted by atomic mass is 35.5. The Balaban J connectivity index is 1.74. The maximum absolute atomic E-state index is 12.3. The Hall–Kier alpha value is -2.79. The fourth-order valence-electron chi connectivity index (χ4n) is 2.28. The van der Waals surface area contributed by atoms with E-state index in [1.54, 1.807) is 18.2 Å². The van der Waals surface area contributed by atoms with Crippen LogP contribution in [0.1, 0.15) is 10.5 Å². The molecule has 0 spiro atoms. The zero-order valence-electron chi connectivity index (χ0n) is 13.4. The van der Waals surface area contributed by atoms with Crippen molar-refractivity contribution in [2.24, 2.45) is 0 Å². The van der Waals surface area contributed by atoms with E-state index in [1.807, 2.05) is 55.4 Å². The molecule has 2 aromatic carbocycles. The first kappa shape index (κ1) is 16.1. The molecule has 1 amide bonds. The van der Waals surface area contributed by atoms with Gasteiger partial charge in [-0.15, -0.1) is 0 Å². The second kappa shape index (κ2) is 6.76. The maximum Gasteiger partial charge on any atom is 0.273 e. The zero-order valence-corrected chi connectivity index (χ0v) is 14.1. The normalized spacial score (nSPS) is 10.5. The van der Waals surface area contributed by atoms with Gasteiger partial charge in [0.2, 0.25) is 0 Å². The predicted octanol–water partition coefficient (Wildman–Crippen LogP) is 4.05. The van der Waals surface area contributed by atoms with Gasteiger partial charge in [-0.05, 0) is 42.5 Å². The van der Waals surface area contributed by atoms with Gasteiger partial charge in [0, 0.05) is 36.1 Å². The molecule has 0 bridgehead atoms. The molecule has 0 unspecified atom stereocenters. The lowest BCUT2D eigenvalue weighted by atomic mass is 10.1. The number of aromatic amines is 1. The molecule has 0 atom stereocenters. The van der Waals surface area contributed by atoms with Crippen LogP contribution in [0.2, 0.25) is 5.02 Å². The number of carbonyl (C=O) groups is 1. The van der Waals surface area contributed by atoms with Crippen LogP contribution in [0.4, 0.5) is 11.4 Å². The van der Waals surface area contributed by atoms with E-state index in [2.05, 4.69) is 15.5 Å². The molecule has 122 valence electrons. The van der Waals surface area contributed by atoms with Crippen molar-refractivity contribution < 1.29 is 4.79 Å². The number of nitrogens with zero attached hydrogens (tertiary/aromatic N) is 2. The van der Waals surface area contributed by atoms with Gasteiger partial charge in [-0.3, -0.25) is 9.89 Å². The molecule has 0 aliphatic heterocycles. The molecule has 5 nitrogen and oxygen atoms in total. The summed E-state index contributed by atoms with van der Waals surface area (Å²) in [4.78, 5) is 14.3. The van der Waals surface area contributed by atoms with Crippen molar-refractivity contribution in [3.8, 4) is 11.3 Å². The topological polar surface area (TPSA) is 61.0 Å². The second-order valence-electron chi connectivity index (χ2n) is 5.57. The number of amides is 1. The molecule has 0 saturated heterocycles. The monoisotopic (exact) mass is 340 g/mol. The lowest BCUT2D eigenvalue weighted by molar-refractivity contribution is 0.102. The Bertz CT molecular complexity index is 855. The van der Waals surface area contributed by atoms with Gasteiger partial charge in [-0.25, -0.2) is 0 Å². The summed E-state index contributed by atoms with van der Waals surface area (Å²) in [7, 11) is 3.94. The standard InChI is InChI=1S/C18H17ClN4O/c1-23(2)15-8-6-14(7-9-15)20-18(24)17-11-16(21-22-17)12-4-3-5-13(19)10-12/h3-11H,1-2H3,(H,20,24)(H,21,22). The Morgan fingerprint density at radius 3 is 2.54 bits per heavy atom. The van der Waals surface area contributed by atoms with E-state index >= 15 is 0 Å². The van der Waals surface area contributed by atoms with E-state index < -0.39 is 0 Å². The first-order valence-electron chi connectivity index (χ1n) is 7.43. The molecule has 0 saturated carbocycles. The van der Waals surface area contributed by atoms with Crippen LogP contribution in [-0.2, 0) is 0 Å². The Morgan fingerprint density at radius 2 is 1.88 bits per heavy atom. The number of H-pyrrole nitrogens is 1. The summed E-state index contributed by atoms with van der Waals surface area (Å²) in [5.41, 5.74) is 3.71. The number of benzene rings is 2. The minimum absolute atomic E-state index is 0.242. The summed E-state index contributed by atoms with van der Waals surface area (Å²) in [6.45, 7) is 0. The van der Waals surface area contributed by atoms with Crippen LogP contribution in [0.3, 0.4) is 0 Å². The van der Waals surface area contributed by atoms with Gasteiger partial charge < -0.3 is 10.2 Å². The number of nitrogens with one attached hydrogen (secondary N) is 2. The molecule has 0 fully saturated rings. The van der Waals surface area contributed by atoms with Crippen LogP contribution < -0.4 is 10.2 Å².